The fourth-order valence-corrected chi connectivity index (χ4v) is 5.81. The molecule has 0 radical (unpaired) electrons. The Hall–Kier alpha value is -3.20. The second kappa shape index (κ2) is 9.45. The summed E-state index contributed by atoms with van der Waals surface area (Å²) in [6.45, 7) is 1.78. The van der Waals surface area contributed by atoms with Gasteiger partial charge in [0.1, 0.15) is 5.01 Å². The van der Waals surface area contributed by atoms with E-state index in [4.69, 9.17) is 16.3 Å². The van der Waals surface area contributed by atoms with E-state index in [-0.39, 0.29) is 0 Å². The van der Waals surface area contributed by atoms with Crippen LogP contribution in [0.2, 0.25) is 4.34 Å². The first kappa shape index (κ1) is 23.5. The summed E-state index contributed by atoms with van der Waals surface area (Å²) in [6, 6.07) is 17.4. The molecule has 2 heterocycles. The highest BCUT2D eigenvalue weighted by atomic mass is 35.5. The fraction of sp³-hybridized carbons (Fsp3) is 0.192. The molecule has 1 atom stereocenters. The van der Waals surface area contributed by atoms with Crippen LogP contribution in [0.4, 0.5) is 10.5 Å². The number of hydrogen-bond acceptors (Lipinski definition) is 6. The number of halogens is 1. The molecule has 5 rings (SSSR count). The molecule has 35 heavy (non-hydrogen) atoms. The largest absolute Gasteiger partial charge is 0.481 e. The van der Waals surface area contributed by atoms with Gasteiger partial charge in [0.15, 0.2) is 6.10 Å². The topological polar surface area (TPSA) is 88.5 Å². The van der Waals surface area contributed by atoms with Crippen molar-refractivity contribution in [3.05, 3.63) is 81.1 Å². The van der Waals surface area contributed by atoms with Gasteiger partial charge in [0.25, 0.3) is 0 Å². The zero-order valence-electron chi connectivity index (χ0n) is 18.7. The molecule has 1 aliphatic carbocycles. The van der Waals surface area contributed by atoms with E-state index >= 15 is 0 Å². The van der Waals surface area contributed by atoms with Crippen LogP contribution in [0.15, 0.2) is 66.2 Å². The maximum absolute atomic E-state index is 12.5. The maximum atomic E-state index is 12.5. The Morgan fingerprint density at radius 3 is 2.29 bits per heavy atom. The number of carboxylic acid groups (broad SMARTS) is 1. The van der Waals surface area contributed by atoms with Crippen molar-refractivity contribution in [3.63, 3.8) is 0 Å². The molecule has 178 valence electrons. The third-order valence-corrected chi connectivity index (χ3v) is 8.35. The molecule has 0 aliphatic heterocycles. The predicted octanol–water partition coefficient (Wildman–Crippen LogP) is 7.62. The minimum Gasteiger partial charge on any atom is -0.481 e. The lowest BCUT2D eigenvalue weighted by Gasteiger charge is -2.12. The number of nitrogens with one attached hydrogen (secondary N) is 1. The van der Waals surface area contributed by atoms with Crippen LogP contribution in [0.1, 0.15) is 36.4 Å². The van der Waals surface area contributed by atoms with Gasteiger partial charge >= 0.3 is 12.1 Å². The van der Waals surface area contributed by atoms with Gasteiger partial charge < -0.3 is 9.84 Å². The number of ether oxygens (including phenoxy) is 1. The standard InChI is InChI=1S/C26H21ClN2O4S2/c1-15(23-28-12-13-34-23)33-25(32)29-20-14-21(27)35-22(20)18-4-2-16(3-5-18)17-6-8-19(9-7-17)26(10-11-26)24(30)31/h2-9,12-15H,10-11H2,1H3,(H,29,32)(H,30,31). The zero-order chi connectivity index (χ0) is 24.6. The molecule has 2 aromatic carbocycles. The van der Waals surface area contributed by atoms with Crippen LogP contribution in [0.5, 0.6) is 0 Å². The Bertz CT molecular complexity index is 1360. The summed E-state index contributed by atoms with van der Waals surface area (Å²) >= 11 is 9.07. The molecular weight excluding hydrogens is 504 g/mol. The molecule has 0 bridgehead atoms. The van der Waals surface area contributed by atoms with E-state index in [0.717, 1.165) is 32.1 Å². The Labute approximate surface area is 215 Å². The average Bonchev–Trinajstić information content (AvgIpc) is 3.32. The van der Waals surface area contributed by atoms with E-state index in [1.165, 1.54) is 22.7 Å². The molecular formula is C26H21ClN2O4S2. The molecule has 1 unspecified atom stereocenters. The smallest absolute Gasteiger partial charge is 0.412 e. The minimum absolute atomic E-state index is 0.455. The lowest BCUT2D eigenvalue weighted by molar-refractivity contribution is -0.140. The summed E-state index contributed by atoms with van der Waals surface area (Å²) in [6.07, 6.45) is 2.02. The highest BCUT2D eigenvalue weighted by Crippen LogP contribution is 2.48. The van der Waals surface area contributed by atoms with Crippen LogP contribution < -0.4 is 5.32 Å². The number of aliphatic carboxylic acids is 1. The third kappa shape index (κ3) is 4.82. The van der Waals surface area contributed by atoms with Gasteiger partial charge in [-0.05, 0) is 48.1 Å². The quantitative estimate of drug-likeness (QED) is 0.259. The number of carbonyl (C=O) groups is 2. The predicted molar refractivity (Wildman–Crippen MR) is 139 cm³/mol. The molecule has 4 aromatic rings. The van der Waals surface area contributed by atoms with Gasteiger partial charge in [0.2, 0.25) is 0 Å². The number of hydrogen-bond donors (Lipinski definition) is 2. The van der Waals surface area contributed by atoms with Crippen LogP contribution in [-0.4, -0.2) is 22.2 Å². The van der Waals surface area contributed by atoms with E-state index in [1.807, 2.05) is 53.9 Å². The average molecular weight is 525 g/mol. The lowest BCUT2D eigenvalue weighted by Crippen LogP contribution is -2.19. The molecule has 1 fully saturated rings. The molecule has 6 nitrogen and oxygen atoms in total. The van der Waals surface area contributed by atoms with E-state index in [2.05, 4.69) is 10.3 Å². The maximum Gasteiger partial charge on any atom is 0.412 e. The van der Waals surface area contributed by atoms with Crippen molar-refractivity contribution in [1.29, 1.82) is 0 Å². The first-order valence-corrected chi connectivity index (χ1v) is 13.0. The van der Waals surface area contributed by atoms with E-state index in [1.54, 1.807) is 19.2 Å². The van der Waals surface area contributed by atoms with E-state index < -0.39 is 23.6 Å². The summed E-state index contributed by atoms with van der Waals surface area (Å²) in [7, 11) is 0. The second-order valence-electron chi connectivity index (χ2n) is 8.38. The molecule has 1 aliphatic rings. The number of aromatic nitrogens is 1. The van der Waals surface area contributed by atoms with Gasteiger partial charge in [-0.15, -0.1) is 22.7 Å². The van der Waals surface area contributed by atoms with Crippen molar-refractivity contribution in [2.75, 3.05) is 5.32 Å². The second-order valence-corrected chi connectivity index (χ2v) is 11.0. The summed E-state index contributed by atoms with van der Waals surface area (Å²) in [5, 5.41) is 14.9. The lowest BCUT2D eigenvalue weighted by atomic mass is 9.93. The highest BCUT2D eigenvalue weighted by molar-refractivity contribution is 7.20. The number of benzene rings is 2. The van der Waals surface area contributed by atoms with E-state index in [0.29, 0.717) is 22.9 Å². The molecule has 0 spiro atoms. The summed E-state index contributed by atoms with van der Waals surface area (Å²) in [4.78, 5) is 29.0. The first-order valence-electron chi connectivity index (χ1n) is 11.0. The van der Waals surface area contributed by atoms with Crippen LogP contribution in [-0.2, 0) is 14.9 Å². The van der Waals surface area contributed by atoms with Crippen LogP contribution >= 0.6 is 34.3 Å². The third-order valence-electron chi connectivity index (χ3n) is 6.10. The Kier molecular flexibility index (Phi) is 6.35. The van der Waals surface area contributed by atoms with Gasteiger partial charge in [-0.25, -0.2) is 9.78 Å². The Morgan fingerprint density at radius 2 is 1.71 bits per heavy atom. The van der Waals surface area contributed by atoms with Gasteiger partial charge in [0, 0.05) is 11.6 Å². The van der Waals surface area contributed by atoms with Gasteiger partial charge in [-0.1, -0.05) is 60.1 Å². The zero-order valence-corrected chi connectivity index (χ0v) is 21.0. The normalized spacial score (nSPS) is 14.8. The number of carboxylic acids is 1. The van der Waals surface area contributed by atoms with Crippen LogP contribution in [0, 0.1) is 0 Å². The van der Waals surface area contributed by atoms with Gasteiger partial charge in [-0.3, -0.25) is 10.1 Å². The van der Waals surface area contributed by atoms with E-state index in [9.17, 15) is 14.7 Å². The number of carbonyl (C=O) groups excluding carboxylic acids is 1. The van der Waals surface area contributed by atoms with Crippen molar-refractivity contribution in [2.24, 2.45) is 0 Å². The van der Waals surface area contributed by atoms with Crippen molar-refractivity contribution in [3.8, 4) is 21.6 Å². The molecule has 9 heteroatoms. The summed E-state index contributed by atoms with van der Waals surface area (Å²) in [5.74, 6) is -0.754. The Morgan fingerprint density at radius 1 is 1.09 bits per heavy atom. The highest BCUT2D eigenvalue weighted by Gasteiger charge is 2.51. The molecule has 2 N–H and O–H groups in total. The van der Waals surface area contributed by atoms with Crippen LogP contribution in [0.25, 0.3) is 21.6 Å². The fourth-order valence-electron chi connectivity index (χ4n) is 4.00. The number of thiophene rings is 1. The SMILES string of the molecule is CC(OC(=O)Nc1cc(Cl)sc1-c1ccc(-c2ccc(C3(C(=O)O)CC3)cc2)cc1)c1nccs1. The van der Waals surface area contributed by atoms with Crippen molar-refractivity contribution in [2.45, 2.75) is 31.3 Å². The van der Waals surface area contributed by atoms with Gasteiger partial charge in [0.05, 0.1) is 20.3 Å². The monoisotopic (exact) mass is 524 g/mol. The molecule has 1 saturated carbocycles. The van der Waals surface area contributed by atoms with Crippen molar-refractivity contribution in [1.82, 2.24) is 4.98 Å². The molecule has 2 aromatic heterocycles. The summed E-state index contributed by atoms with van der Waals surface area (Å²) < 4.78 is 6.00. The number of thiazole rings is 1. The number of rotatable bonds is 7. The minimum atomic E-state index is -0.754. The number of amides is 1. The van der Waals surface area contributed by atoms with Crippen molar-refractivity contribution >= 4 is 52.0 Å². The van der Waals surface area contributed by atoms with Gasteiger partial charge in [-0.2, -0.15) is 0 Å². The van der Waals surface area contributed by atoms with Crippen molar-refractivity contribution < 1.29 is 19.4 Å². The van der Waals surface area contributed by atoms with Crippen LogP contribution in [0.3, 0.4) is 0 Å². The number of anilines is 1. The summed E-state index contributed by atoms with van der Waals surface area (Å²) in [5.41, 5.74) is 3.65. The Balaban J connectivity index is 1.31. The number of nitrogens with zero attached hydrogens (tertiary/aromatic N) is 1. The first-order chi connectivity index (χ1) is 16.9. The molecule has 1 amide bonds. The molecule has 0 saturated heterocycles.